The largest absolute Gasteiger partial charge is 0.354 e. The topological polar surface area (TPSA) is 79.4 Å². The van der Waals surface area contributed by atoms with Crippen LogP contribution < -0.4 is 5.32 Å². The highest BCUT2D eigenvalue weighted by molar-refractivity contribution is 8.18. The summed E-state index contributed by atoms with van der Waals surface area (Å²) in [5, 5.41) is 5.72. The first-order valence-electron chi connectivity index (χ1n) is 9.77. The number of imide groups is 1. The van der Waals surface area contributed by atoms with Gasteiger partial charge in [-0.05, 0) is 35.5 Å². The van der Waals surface area contributed by atoms with Crippen LogP contribution in [0.3, 0.4) is 0 Å². The van der Waals surface area contributed by atoms with Gasteiger partial charge in [-0.2, -0.15) is 0 Å². The van der Waals surface area contributed by atoms with E-state index in [1.54, 1.807) is 30.3 Å². The zero-order chi connectivity index (χ0) is 22.5. The van der Waals surface area contributed by atoms with Crippen LogP contribution in [0.1, 0.15) is 11.3 Å². The predicted octanol–water partition coefficient (Wildman–Crippen LogP) is 4.86. The van der Waals surface area contributed by atoms with E-state index >= 15 is 0 Å². The summed E-state index contributed by atoms with van der Waals surface area (Å²) in [6, 6.07) is 16.8. The second-order valence-electron chi connectivity index (χ2n) is 6.92. The second kappa shape index (κ2) is 10.1. The van der Waals surface area contributed by atoms with Crippen molar-refractivity contribution in [3.05, 3.63) is 81.2 Å². The van der Waals surface area contributed by atoms with Gasteiger partial charge in [-0.25, -0.2) is 4.98 Å². The third kappa shape index (κ3) is 5.45. The molecular formula is C23H18ClN3O3S2. The Bertz CT molecular complexity index is 1180. The lowest BCUT2D eigenvalue weighted by molar-refractivity contribution is -0.124. The fourth-order valence-corrected chi connectivity index (χ4v) is 4.86. The number of nitrogens with zero attached hydrogens (tertiary/aromatic N) is 2. The number of hydrogen-bond acceptors (Lipinski definition) is 6. The minimum Gasteiger partial charge on any atom is -0.354 e. The van der Waals surface area contributed by atoms with Crippen LogP contribution in [0.15, 0.2) is 64.9 Å². The number of rotatable bonds is 7. The fourth-order valence-electron chi connectivity index (χ4n) is 3.04. The van der Waals surface area contributed by atoms with E-state index in [9.17, 15) is 14.4 Å². The number of thioether (sulfide) groups is 1. The third-order valence-electron chi connectivity index (χ3n) is 4.61. The molecule has 6 nitrogen and oxygen atoms in total. The van der Waals surface area contributed by atoms with Gasteiger partial charge in [-0.15, -0.1) is 11.3 Å². The van der Waals surface area contributed by atoms with Crippen LogP contribution in [0.2, 0.25) is 5.02 Å². The zero-order valence-electron chi connectivity index (χ0n) is 16.8. The van der Waals surface area contributed by atoms with Crippen molar-refractivity contribution in [3.63, 3.8) is 0 Å². The van der Waals surface area contributed by atoms with Gasteiger partial charge in [0.15, 0.2) is 0 Å². The highest BCUT2D eigenvalue weighted by atomic mass is 35.5. The van der Waals surface area contributed by atoms with Gasteiger partial charge >= 0.3 is 0 Å². The summed E-state index contributed by atoms with van der Waals surface area (Å²) in [6.07, 6.45) is 1.80. The fraction of sp³-hybridized carbons (Fsp3) is 0.130. The molecule has 0 bridgehead atoms. The monoisotopic (exact) mass is 483 g/mol. The number of thiazole rings is 1. The molecule has 32 heavy (non-hydrogen) atoms. The van der Waals surface area contributed by atoms with Gasteiger partial charge in [-0.3, -0.25) is 19.3 Å². The van der Waals surface area contributed by atoms with E-state index in [0.717, 1.165) is 32.8 Å². The van der Waals surface area contributed by atoms with Gasteiger partial charge in [0, 0.05) is 29.1 Å². The molecule has 0 radical (unpaired) electrons. The van der Waals surface area contributed by atoms with E-state index in [2.05, 4.69) is 10.3 Å². The van der Waals surface area contributed by atoms with Crippen molar-refractivity contribution < 1.29 is 14.4 Å². The van der Waals surface area contributed by atoms with Gasteiger partial charge in [0.1, 0.15) is 5.01 Å². The molecule has 162 valence electrons. The molecular weight excluding hydrogens is 466 g/mol. The van der Waals surface area contributed by atoms with Gasteiger partial charge in [-0.1, -0.05) is 54.1 Å². The number of carbonyl (C=O) groups excluding carboxylic acids is 3. The molecule has 0 aliphatic carbocycles. The molecule has 1 saturated heterocycles. The Morgan fingerprint density at radius 3 is 2.59 bits per heavy atom. The normalized spacial score (nSPS) is 14.9. The summed E-state index contributed by atoms with van der Waals surface area (Å²) in [7, 11) is 0. The van der Waals surface area contributed by atoms with Crippen LogP contribution in [0.5, 0.6) is 0 Å². The van der Waals surface area contributed by atoms with E-state index in [1.807, 2.05) is 35.7 Å². The predicted molar refractivity (Wildman–Crippen MR) is 128 cm³/mol. The van der Waals surface area contributed by atoms with Crippen LogP contribution in [-0.4, -0.2) is 40.0 Å². The second-order valence-corrected chi connectivity index (χ2v) is 9.21. The van der Waals surface area contributed by atoms with Gasteiger partial charge in [0.25, 0.3) is 11.1 Å². The summed E-state index contributed by atoms with van der Waals surface area (Å²) in [4.78, 5) is 43.0. The smallest absolute Gasteiger partial charge is 0.293 e. The molecule has 1 N–H and O–H groups in total. The molecule has 3 amide bonds. The molecule has 9 heteroatoms. The Hall–Kier alpha value is -2.94. The molecule has 1 fully saturated rings. The van der Waals surface area contributed by atoms with Crippen molar-refractivity contribution >= 4 is 57.8 Å². The average Bonchev–Trinajstić information content (AvgIpc) is 3.36. The molecule has 0 atom stereocenters. The van der Waals surface area contributed by atoms with Crippen molar-refractivity contribution in [2.45, 2.75) is 6.42 Å². The number of hydrogen-bond donors (Lipinski definition) is 1. The van der Waals surface area contributed by atoms with Crippen molar-refractivity contribution in [2.75, 3.05) is 13.1 Å². The van der Waals surface area contributed by atoms with E-state index in [1.165, 1.54) is 11.3 Å². The number of carbonyl (C=O) groups is 3. The Kier molecular flexibility index (Phi) is 7.04. The van der Waals surface area contributed by atoms with Crippen molar-refractivity contribution in [2.24, 2.45) is 0 Å². The Morgan fingerprint density at radius 2 is 1.84 bits per heavy atom. The Balaban J connectivity index is 1.28. The molecule has 1 aromatic heterocycles. The van der Waals surface area contributed by atoms with Crippen LogP contribution >= 0.6 is 34.7 Å². The van der Waals surface area contributed by atoms with Crippen molar-refractivity contribution in [3.8, 4) is 10.6 Å². The highest BCUT2D eigenvalue weighted by Gasteiger charge is 2.34. The maximum Gasteiger partial charge on any atom is 0.293 e. The first kappa shape index (κ1) is 22.3. The SMILES string of the molecule is O=C(Cc1csc(-c2ccccc2)n1)NCCN1C(=O)S/C(=C\c2ccc(Cl)cc2)C1=O. The maximum atomic E-state index is 12.6. The number of amides is 3. The van der Waals surface area contributed by atoms with Crippen molar-refractivity contribution in [1.82, 2.24) is 15.2 Å². The van der Waals surface area contributed by atoms with E-state index < -0.39 is 0 Å². The van der Waals surface area contributed by atoms with E-state index in [0.29, 0.717) is 15.6 Å². The van der Waals surface area contributed by atoms with Crippen LogP contribution in [-0.2, 0) is 16.0 Å². The summed E-state index contributed by atoms with van der Waals surface area (Å²) >= 11 is 8.25. The molecule has 2 heterocycles. The maximum absolute atomic E-state index is 12.6. The molecule has 0 spiro atoms. The lowest BCUT2D eigenvalue weighted by Gasteiger charge is -2.12. The Morgan fingerprint density at radius 1 is 1.09 bits per heavy atom. The molecule has 3 aromatic rings. The summed E-state index contributed by atoms with van der Waals surface area (Å²) in [5.74, 6) is -0.574. The lowest BCUT2D eigenvalue weighted by atomic mass is 10.2. The minimum absolute atomic E-state index is 0.112. The van der Waals surface area contributed by atoms with E-state index in [-0.39, 0.29) is 36.6 Å². The molecule has 0 unspecified atom stereocenters. The molecule has 4 rings (SSSR count). The highest BCUT2D eigenvalue weighted by Crippen LogP contribution is 2.32. The van der Waals surface area contributed by atoms with Crippen LogP contribution in [0.4, 0.5) is 4.79 Å². The number of benzene rings is 2. The van der Waals surface area contributed by atoms with E-state index in [4.69, 9.17) is 11.6 Å². The number of aromatic nitrogens is 1. The zero-order valence-corrected chi connectivity index (χ0v) is 19.2. The van der Waals surface area contributed by atoms with Gasteiger partial charge < -0.3 is 5.32 Å². The van der Waals surface area contributed by atoms with Crippen LogP contribution in [0.25, 0.3) is 16.6 Å². The number of halogens is 1. The Labute approximate surface area is 198 Å². The first-order valence-corrected chi connectivity index (χ1v) is 11.8. The average molecular weight is 484 g/mol. The number of nitrogens with one attached hydrogen (secondary N) is 1. The summed E-state index contributed by atoms with van der Waals surface area (Å²) in [6.45, 7) is 0.293. The quantitative estimate of drug-likeness (QED) is 0.485. The molecule has 2 aromatic carbocycles. The lowest BCUT2D eigenvalue weighted by Crippen LogP contribution is -2.37. The third-order valence-corrected chi connectivity index (χ3v) is 6.71. The molecule has 1 aliphatic rings. The molecule has 0 saturated carbocycles. The van der Waals surface area contributed by atoms with Crippen LogP contribution in [0, 0.1) is 0 Å². The molecule has 1 aliphatic heterocycles. The van der Waals surface area contributed by atoms with Gasteiger partial charge in [0.2, 0.25) is 5.91 Å². The minimum atomic E-state index is -0.365. The van der Waals surface area contributed by atoms with Gasteiger partial charge in [0.05, 0.1) is 17.0 Å². The van der Waals surface area contributed by atoms with Crippen molar-refractivity contribution in [1.29, 1.82) is 0 Å². The summed E-state index contributed by atoms with van der Waals surface area (Å²) < 4.78 is 0. The summed E-state index contributed by atoms with van der Waals surface area (Å²) in [5.41, 5.74) is 2.48. The standard InChI is InChI=1S/C23H18ClN3O3S2/c24-17-8-6-15(7-9-17)12-19-22(29)27(23(30)32-19)11-10-25-20(28)13-18-14-31-21(26-18)16-4-2-1-3-5-16/h1-9,12,14H,10-11,13H2,(H,25,28)/b19-12-. The first-order chi connectivity index (χ1) is 15.5.